The number of halogens is 1. The van der Waals surface area contributed by atoms with Gasteiger partial charge in [0.25, 0.3) is 0 Å². The second-order valence-corrected chi connectivity index (χ2v) is 5.47. The highest BCUT2D eigenvalue weighted by Crippen LogP contribution is 2.15. The molecule has 0 aliphatic heterocycles. The third kappa shape index (κ3) is 5.51. The maximum absolute atomic E-state index is 12.2. The minimum atomic E-state index is 0.140. The average Bonchev–Trinajstić information content (AvgIpc) is 2.45. The van der Waals surface area contributed by atoms with Gasteiger partial charge in [-0.3, -0.25) is 4.79 Å². The van der Waals surface area contributed by atoms with Crippen LogP contribution in [0.3, 0.4) is 0 Å². The van der Waals surface area contributed by atoms with Crippen molar-refractivity contribution < 1.29 is 4.79 Å². The number of nitrogens with one attached hydrogen (secondary N) is 1. The van der Waals surface area contributed by atoms with Crippen molar-refractivity contribution in [2.24, 2.45) is 0 Å². The molecular weight excluding hydrogens is 272 g/mol. The quantitative estimate of drug-likeness (QED) is 0.794. The maximum Gasteiger partial charge on any atom is 0.236 e. The van der Waals surface area contributed by atoms with E-state index < -0.39 is 0 Å². The van der Waals surface area contributed by atoms with Crippen LogP contribution in [-0.2, 0) is 4.79 Å². The zero-order valence-electron chi connectivity index (χ0n) is 12.7. The molecule has 4 heteroatoms. The van der Waals surface area contributed by atoms with E-state index in [0.29, 0.717) is 6.54 Å². The third-order valence-electron chi connectivity index (χ3n) is 3.27. The van der Waals surface area contributed by atoms with E-state index in [0.717, 1.165) is 36.5 Å². The highest BCUT2D eigenvalue weighted by Gasteiger charge is 2.13. The molecule has 0 aliphatic carbocycles. The molecule has 0 heterocycles. The van der Waals surface area contributed by atoms with Crippen LogP contribution in [0.1, 0.15) is 45.2 Å². The number of rotatable bonds is 8. The molecule has 0 bridgehead atoms. The molecule has 1 aromatic carbocycles. The lowest BCUT2D eigenvalue weighted by Gasteiger charge is -2.23. The monoisotopic (exact) mass is 296 g/mol. The van der Waals surface area contributed by atoms with Crippen molar-refractivity contribution in [1.29, 1.82) is 0 Å². The van der Waals surface area contributed by atoms with Gasteiger partial charge < -0.3 is 10.2 Å². The normalized spacial score (nSPS) is 12.2. The Morgan fingerprint density at radius 1 is 1.20 bits per heavy atom. The van der Waals surface area contributed by atoms with Crippen molar-refractivity contribution >= 4 is 17.5 Å². The fraction of sp³-hybridized carbons (Fsp3) is 0.562. The minimum absolute atomic E-state index is 0.140. The van der Waals surface area contributed by atoms with E-state index in [9.17, 15) is 4.79 Å². The Balaban J connectivity index is 2.48. The molecule has 0 aliphatic rings. The zero-order valence-corrected chi connectivity index (χ0v) is 13.4. The molecule has 0 aromatic heterocycles. The lowest BCUT2D eigenvalue weighted by molar-refractivity contribution is -0.130. The summed E-state index contributed by atoms with van der Waals surface area (Å²) in [4.78, 5) is 14.1. The average molecular weight is 297 g/mol. The predicted molar refractivity (Wildman–Crippen MR) is 85.0 cm³/mol. The van der Waals surface area contributed by atoms with E-state index in [4.69, 9.17) is 11.6 Å². The number of nitrogens with zero attached hydrogens (tertiary/aromatic N) is 1. The second-order valence-electron chi connectivity index (χ2n) is 5.03. The molecule has 1 aromatic rings. The molecule has 0 saturated carbocycles. The molecule has 1 unspecified atom stereocenters. The fourth-order valence-electron chi connectivity index (χ4n) is 2.12. The van der Waals surface area contributed by atoms with Crippen LogP contribution in [0.5, 0.6) is 0 Å². The summed E-state index contributed by atoms with van der Waals surface area (Å²) in [6.45, 7) is 8.30. The van der Waals surface area contributed by atoms with Gasteiger partial charge in [-0.15, -0.1) is 0 Å². The highest BCUT2D eigenvalue weighted by atomic mass is 35.5. The van der Waals surface area contributed by atoms with E-state index in [2.05, 4.69) is 26.1 Å². The summed E-state index contributed by atoms with van der Waals surface area (Å²) in [5, 5.41) is 4.01. The molecule has 0 spiro atoms. The van der Waals surface area contributed by atoms with Crippen molar-refractivity contribution in [3.05, 3.63) is 34.9 Å². The van der Waals surface area contributed by atoms with Crippen LogP contribution >= 0.6 is 11.6 Å². The largest absolute Gasteiger partial charge is 0.342 e. The van der Waals surface area contributed by atoms with Gasteiger partial charge in [-0.05, 0) is 37.5 Å². The summed E-state index contributed by atoms with van der Waals surface area (Å²) in [5.74, 6) is 0.175. The highest BCUT2D eigenvalue weighted by molar-refractivity contribution is 6.30. The van der Waals surface area contributed by atoms with E-state index in [1.807, 2.05) is 29.2 Å². The summed E-state index contributed by atoms with van der Waals surface area (Å²) < 4.78 is 0. The lowest BCUT2D eigenvalue weighted by atomic mass is 10.1. The van der Waals surface area contributed by atoms with Crippen LogP contribution < -0.4 is 5.32 Å². The van der Waals surface area contributed by atoms with Crippen LogP contribution in [0, 0.1) is 0 Å². The Hall–Kier alpha value is -1.06. The van der Waals surface area contributed by atoms with Crippen molar-refractivity contribution in [3.63, 3.8) is 0 Å². The first-order chi connectivity index (χ1) is 9.58. The molecule has 1 N–H and O–H groups in total. The lowest BCUT2D eigenvalue weighted by Crippen LogP contribution is -2.39. The Morgan fingerprint density at radius 3 is 2.25 bits per heavy atom. The van der Waals surface area contributed by atoms with Gasteiger partial charge in [-0.25, -0.2) is 0 Å². The number of amides is 1. The minimum Gasteiger partial charge on any atom is -0.342 e. The number of carbonyl (C=O) groups is 1. The van der Waals surface area contributed by atoms with Gasteiger partial charge in [0.2, 0.25) is 5.91 Å². The summed E-state index contributed by atoms with van der Waals surface area (Å²) in [7, 11) is 0. The van der Waals surface area contributed by atoms with Crippen LogP contribution in [-0.4, -0.2) is 30.4 Å². The Bertz CT molecular complexity index is 399. The summed E-state index contributed by atoms with van der Waals surface area (Å²) in [6, 6.07) is 7.86. The van der Waals surface area contributed by atoms with E-state index in [1.54, 1.807) is 0 Å². The van der Waals surface area contributed by atoms with Gasteiger partial charge >= 0.3 is 0 Å². The summed E-state index contributed by atoms with van der Waals surface area (Å²) >= 11 is 5.87. The summed E-state index contributed by atoms with van der Waals surface area (Å²) in [6.07, 6.45) is 2.00. The topological polar surface area (TPSA) is 32.3 Å². The molecule has 1 atom stereocenters. The van der Waals surface area contributed by atoms with Crippen LogP contribution in [0.4, 0.5) is 0 Å². The van der Waals surface area contributed by atoms with E-state index in [1.165, 1.54) is 0 Å². The zero-order chi connectivity index (χ0) is 15.0. The smallest absolute Gasteiger partial charge is 0.236 e. The van der Waals surface area contributed by atoms with Crippen LogP contribution in [0.15, 0.2) is 24.3 Å². The van der Waals surface area contributed by atoms with Gasteiger partial charge in [-0.1, -0.05) is 37.6 Å². The first-order valence-electron chi connectivity index (χ1n) is 7.35. The maximum atomic E-state index is 12.2. The standard InChI is InChI=1S/C16H25ClN2O/c1-4-10-19(11-5-2)16(20)12-18-13(3)14-6-8-15(17)9-7-14/h6-9,13,18H,4-5,10-12H2,1-3H3. The van der Waals surface area contributed by atoms with E-state index >= 15 is 0 Å². The first-order valence-corrected chi connectivity index (χ1v) is 7.72. The Kier molecular flexibility index (Phi) is 7.63. The summed E-state index contributed by atoms with van der Waals surface area (Å²) in [5.41, 5.74) is 1.14. The van der Waals surface area contributed by atoms with Gasteiger partial charge in [0, 0.05) is 24.2 Å². The fourth-order valence-corrected chi connectivity index (χ4v) is 2.25. The number of benzene rings is 1. The number of carbonyl (C=O) groups excluding carboxylic acids is 1. The van der Waals surface area contributed by atoms with Gasteiger partial charge in [-0.2, -0.15) is 0 Å². The predicted octanol–water partition coefficient (Wildman–Crippen LogP) is 3.64. The molecule has 0 saturated heterocycles. The Morgan fingerprint density at radius 2 is 1.75 bits per heavy atom. The molecule has 1 amide bonds. The molecular formula is C16H25ClN2O. The van der Waals surface area contributed by atoms with Gasteiger partial charge in [0.05, 0.1) is 6.54 Å². The van der Waals surface area contributed by atoms with Gasteiger partial charge in [0.15, 0.2) is 0 Å². The van der Waals surface area contributed by atoms with Crippen molar-refractivity contribution in [3.8, 4) is 0 Å². The van der Waals surface area contributed by atoms with Gasteiger partial charge in [0.1, 0.15) is 0 Å². The number of hydrogen-bond donors (Lipinski definition) is 1. The van der Waals surface area contributed by atoms with E-state index in [-0.39, 0.29) is 11.9 Å². The SMILES string of the molecule is CCCN(CCC)C(=O)CNC(C)c1ccc(Cl)cc1. The number of hydrogen-bond acceptors (Lipinski definition) is 2. The molecule has 1 rings (SSSR count). The van der Waals surface area contributed by atoms with Crippen LogP contribution in [0.25, 0.3) is 0 Å². The first kappa shape index (κ1) is 17.0. The molecule has 112 valence electrons. The molecule has 3 nitrogen and oxygen atoms in total. The molecule has 0 radical (unpaired) electrons. The van der Waals surface area contributed by atoms with Crippen LogP contribution in [0.2, 0.25) is 5.02 Å². The molecule has 0 fully saturated rings. The molecule has 20 heavy (non-hydrogen) atoms. The third-order valence-corrected chi connectivity index (χ3v) is 3.52. The van der Waals surface area contributed by atoms with Crippen molar-refractivity contribution in [2.45, 2.75) is 39.7 Å². The second kappa shape index (κ2) is 8.98. The van der Waals surface area contributed by atoms with Crippen molar-refractivity contribution in [1.82, 2.24) is 10.2 Å². The van der Waals surface area contributed by atoms with Crippen molar-refractivity contribution in [2.75, 3.05) is 19.6 Å². The Labute approximate surface area is 127 Å².